The number of aliphatic hydroxyl groups is 2. The van der Waals surface area contributed by atoms with Crippen LogP contribution < -0.4 is 27.0 Å². The number of hydrogen-bond acceptors (Lipinski definition) is 9. The predicted molar refractivity (Wildman–Crippen MR) is 187 cm³/mol. The molecular weight excluding hydrogens is 632 g/mol. The molecule has 14 nitrogen and oxygen atoms in total. The average molecular weight is 697 g/mol. The number of nitrogens with one attached hydrogen (secondary N) is 4. The first-order chi connectivity index (χ1) is 22.7. The van der Waals surface area contributed by atoms with Crippen molar-refractivity contribution in [1.82, 2.24) is 26.2 Å². The minimum atomic E-state index is -1.40. The van der Waals surface area contributed by atoms with Gasteiger partial charge in [0.05, 0.1) is 24.2 Å². The number of ketones is 1. The number of hydrogen-bond donors (Lipinski definition) is 7. The fourth-order valence-electron chi connectivity index (χ4n) is 5.76. The summed E-state index contributed by atoms with van der Waals surface area (Å²) in [6, 6.07) is -5.40. The second-order valence-electron chi connectivity index (χ2n) is 15.0. The van der Waals surface area contributed by atoms with Crippen molar-refractivity contribution in [3.8, 4) is 0 Å². The summed E-state index contributed by atoms with van der Waals surface area (Å²) in [5, 5.41) is 31.3. The van der Waals surface area contributed by atoms with Gasteiger partial charge in [0.15, 0.2) is 5.78 Å². The van der Waals surface area contributed by atoms with Crippen molar-refractivity contribution < 1.29 is 39.0 Å². The minimum Gasteiger partial charge on any atom is -0.392 e. The number of nitrogens with two attached hydrogens (primary N) is 1. The summed E-state index contributed by atoms with van der Waals surface area (Å²) >= 11 is 0. The largest absolute Gasteiger partial charge is 0.392 e. The molecule has 1 fully saturated rings. The monoisotopic (exact) mass is 696 g/mol. The van der Waals surface area contributed by atoms with E-state index in [1.54, 1.807) is 13.8 Å². The third kappa shape index (κ3) is 14.0. The molecule has 0 aromatic rings. The number of amides is 5. The number of carbonyl (C=O) groups is 6. The van der Waals surface area contributed by atoms with Gasteiger partial charge < -0.3 is 42.1 Å². The van der Waals surface area contributed by atoms with E-state index >= 15 is 0 Å². The van der Waals surface area contributed by atoms with Crippen LogP contribution in [-0.4, -0.2) is 106 Å². The standard InChI is InChI=1S/C35H64N6O8/c1-11-14-35(8,9)15-13-26(43)21(6)34(49)41(10)25(16-19(3)4)31(46)39-28(20(5)12-2)32(47)38-24(18-36)30(45)40-29(22(7)42)33(48)37-23-17-27(23)44/h19-26,28-29,42-43H,11-18,36H2,1-10H3,(H,37,48)(H,38,47)(H,39,46)(H,40,45)/t20-,21-,22+,23?,24+,25+,26-,28+,29+/m1/s1. The highest BCUT2D eigenvalue weighted by atomic mass is 16.3. The van der Waals surface area contributed by atoms with Crippen LogP contribution in [-0.2, 0) is 28.8 Å². The van der Waals surface area contributed by atoms with Gasteiger partial charge in [-0.05, 0) is 49.9 Å². The molecule has 1 saturated carbocycles. The van der Waals surface area contributed by atoms with Crippen molar-refractivity contribution in [3.63, 3.8) is 0 Å². The van der Waals surface area contributed by atoms with Crippen molar-refractivity contribution in [2.75, 3.05) is 13.6 Å². The SMILES string of the molecule is CCCC(C)(C)CC[C@@H](O)[C@@H](C)C(=O)N(C)[C@@H](CC(C)C)C(=O)N[C@H](C(=O)N[C@@H](CN)C(=O)N[C@H](C(=O)NC1CC1=O)[C@H](C)O)[C@H](C)CC. The fourth-order valence-corrected chi connectivity index (χ4v) is 5.76. The van der Waals surface area contributed by atoms with Crippen LogP contribution >= 0.6 is 0 Å². The molecule has 5 amide bonds. The van der Waals surface area contributed by atoms with E-state index in [1.807, 2.05) is 20.8 Å². The molecule has 49 heavy (non-hydrogen) atoms. The van der Waals surface area contributed by atoms with E-state index in [2.05, 4.69) is 42.0 Å². The first-order valence-electron chi connectivity index (χ1n) is 17.8. The van der Waals surface area contributed by atoms with Crippen LogP contribution in [0.5, 0.6) is 0 Å². The van der Waals surface area contributed by atoms with E-state index < -0.39 is 72.0 Å². The van der Waals surface area contributed by atoms with Crippen molar-refractivity contribution in [2.24, 2.45) is 28.9 Å². The Kier molecular flexibility index (Phi) is 17.9. The van der Waals surface area contributed by atoms with Gasteiger partial charge >= 0.3 is 0 Å². The molecule has 0 radical (unpaired) electrons. The quantitative estimate of drug-likeness (QED) is 0.0848. The van der Waals surface area contributed by atoms with Crippen LogP contribution in [0, 0.1) is 23.2 Å². The lowest BCUT2D eigenvalue weighted by Gasteiger charge is -2.34. The van der Waals surface area contributed by atoms with Crippen molar-refractivity contribution in [3.05, 3.63) is 0 Å². The van der Waals surface area contributed by atoms with Gasteiger partial charge in [-0.25, -0.2) is 0 Å². The van der Waals surface area contributed by atoms with E-state index in [4.69, 9.17) is 5.73 Å². The van der Waals surface area contributed by atoms with E-state index in [1.165, 1.54) is 18.9 Å². The first-order valence-corrected chi connectivity index (χ1v) is 17.8. The summed E-state index contributed by atoms with van der Waals surface area (Å²) in [7, 11) is 1.53. The molecule has 0 aliphatic heterocycles. The number of aliphatic hydroxyl groups excluding tert-OH is 2. The molecule has 0 aromatic carbocycles. The van der Waals surface area contributed by atoms with Gasteiger partial charge in [-0.3, -0.25) is 28.8 Å². The fraction of sp³-hybridized carbons (Fsp3) is 0.829. The maximum absolute atomic E-state index is 13.8. The van der Waals surface area contributed by atoms with Crippen LogP contribution in [0.4, 0.5) is 0 Å². The average Bonchev–Trinajstić information content (AvgIpc) is 3.73. The van der Waals surface area contributed by atoms with E-state index in [9.17, 15) is 39.0 Å². The summed E-state index contributed by atoms with van der Waals surface area (Å²) in [5.41, 5.74) is 5.86. The number of rotatable bonds is 22. The third-order valence-corrected chi connectivity index (χ3v) is 9.50. The second kappa shape index (κ2) is 19.9. The zero-order valence-electron chi connectivity index (χ0n) is 31.3. The third-order valence-electron chi connectivity index (χ3n) is 9.50. The molecule has 1 rings (SSSR count). The highest BCUT2D eigenvalue weighted by Crippen LogP contribution is 2.30. The van der Waals surface area contributed by atoms with Gasteiger partial charge in [0.25, 0.3) is 0 Å². The van der Waals surface area contributed by atoms with E-state index in [-0.39, 0.29) is 41.9 Å². The van der Waals surface area contributed by atoms with Crippen LogP contribution in [0.3, 0.4) is 0 Å². The Morgan fingerprint density at radius 2 is 1.47 bits per heavy atom. The van der Waals surface area contributed by atoms with Crippen LogP contribution in [0.15, 0.2) is 0 Å². The van der Waals surface area contributed by atoms with E-state index in [0.717, 1.165) is 19.3 Å². The van der Waals surface area contributed by atoms with Crippen LogP contribution in [0.1, 0.15) is 107 Å². The molecule has 0 spiro atoms. The second-order valence-corrected chi connectivity index (χ2v) is 15.0. The maximum atomic E-state index is 13.8. The number of nitrogens with zero attached hydrogens (tertiary/aromatic N) is 1. The summed E-state index contributed by atoms with van der Waals surface area (Å²) in [4.78, 5) is 79.4. The van der Waals surface area contributed by atoms with E-state index in [0.29, 0.717) is 19.3 Å². The molecule has 1 aliphatic carbocycles. The molecule has 9 atom stereocenters. The molecule has 1 unspecified atom stereocenters. The van der Waals surface area contributed by atoms with Gasteiger partial charge in [0.1, 0.15) is 24.2 Å². The van der Waals surface area contributed by atoms with Gasteiger partial charge in [0.2, 0.25) is 29.5 Å². The highest BCUT2D eigenvalue weighted by molar-refractivity contribution is 6.04. The zero-order valence-corrected chi connectivity index (χ0v) is 31.3. The molecule has 0 bridgehead atoms. The summed E-state index contributed by atoms with van der Waals surface area (Å²) in [5.74, 6) is -4.48. The molecule has 282 valence electrons. The Morgan fingerprint density at radius 1 is 0.898 bits per heavy atom. The molecular formula is C35H64N6O8. The predicted octanol–water partition coefficient (Wildman–Crippen LogP) is 0.761. The van der Waals surface area contributed by atoms with Crippen molar-refractivity contribution in [2.45, 2.75) is 150 Å². The van der Waals surface area contributed by atoms with Crippen LogP contribution in [0.2, 0.25) is 0 Å². The summed E-state index contributed by atoms with van der Waals surface area (Å²) in [6.07, 6.45) is 2.00. The minimum absolute atomic E-state index is 0.0133. The highest BCUT2D eigenvalue weighted by Gasteiger charge is 2.40. The summed E-state index contributed by atoms with van der Waals surface area (Å²) in [6.45, 7) is 16.4. The normalized spacial score (nSPS) is 19.4. The van der Waals surface area contributed by atoms with Crippen molar-refractivity contribution in [1.29, 1.82) is 0 Å². The van der Waals surface area contributed by atoms with Gasteiger partial charge in [-0.1, -0.05) is 68.2 Å². The number of Topliss-reactive ketones (excluding diaryl/α,β-unsaturated/α-hetero) is 1. The zero-order chi connectivity index (χ0) is 37.8. The van der Waals surface area contributed by atoms with Crippen molar-refractivity contribution >= 4 is 35.3 Å². The number of carbonyl (C=O) groups excluding carboxylic acids is 6. The lowest BCUT2D eigenvalue weighted by Crippen LogP contribution is -2.62. The molecule has 1 aliphatic rings. The molecule has 0 saturated heterocycles. The number of likely N-dealkylation sites (N-methyl/N-ethyl adjacent to an activating group) is 1. The topological polar surface area (TPSA) is 220 Å². The Balaban J connectivity index is 3.09. The summed E-state index contributed by atoms with van der Waals surface area (Å²) < 4.78 is 0. The molecule has 0 aromatic heterocycles. The van der Waals surface area contributed by atoms with Gasteiger partial charge in [0, 0.05) is 20.0 Å². The molecule has 8 N–H and O–H groups in total. The van der Waals surface area contributed by atoms with Crippen LogP contribution in [0.25, 0.3) is 0 Å². The van der Waals surface area contributed by atoms with Gasteiger partial charge in [-0.2, -0.15) is 0 Å². The Labute approximate surface area is 292 Å². The Hall–Kier alpha value is -3.10. The molecule has 14 heteroatoms. The lowest BCUT2D eigenvalue weighted by molar-refractivity contribution is -0.146. The lowest BCUT2D eigenvalue weighted by atomic mass is 9.81. The molecule has 0 heterocycles. The first kappa shape index (κ1) is 43.9. The maximum Gasteiger partial charge on any atom is 0.245 e. The Morgan fingerprint density at radius 3 is 1.94 bits per heavy atom. The van der Waals surface area contributed by atoms with Gasteiger partial charge in [-0.15, -0.1) is 0 Å². The smallest absolute Gasteiger partial charge is 0.245 e. The Bertz CT molecular complexity index is 1150.